The van der Waals surface area contributed by atoms with Crippen LogP contribution in [0.2, 0.25) is 0 Å². The highest BCUT2D eigenvalue weighted by Gasteiger charge is 2.56. The Morgan fingerprint density at radius 3 is 2.22 bits per heavy atom. The lowest BCUT2D eigenvalue weighted by atomic mass is 10.2. The van der Waals surface area contributed by atoms with E-state index in [9.17, 15) is 12.8 Å². The molecule has 0 fully saturated rings. The van der Waals surface area contributed by atoms with E-state index in [-0.39, 0.29) is 16.2 Å². The molecular formula is C13H9FO3S. The van der Waals surface area contributed by atoms with Crippen molar-refractivity contribution in [1.82, 2.24) is 0 Å². The van der Waals surface area contributed by atoms with Crippen LogP contribution >= 0.6 is 0 Å². The largest absolute Gasteiger partial charge is 0.440 e. The molecule has 2 aromatic carbocycles. The van der Waals surface area contributed by atoms with Crippen LogP contribution < -0.4 is 4.74 Å². The van der Waals surface area contributed by atoms with Gasteiger partial charge in [0.2, 0.25) is 0 Å². The lowest BCUT2D eigenvalue weighted by molar-refractivity contribution is 0.0242. The minimum Gasteiger partial charge on any atom is -0.440 e. The monoisotopic (exact) mass is 264 g/mol. The maximum atomic E-state index is 14.8. The molecule has 1 heterocycles. The fourth-order valence-corrected chi connectivity index (χ4v) is 3.51. The molecule has 0 aliphatic carbocycles. The third kappa shape index (κ3) is 1.31. The molecule has 5 heteroatoms. The van der Waals surface area contributed by atoms with Crippen LogP contribution in [0.15, 0.2) is 59.5 Å². The van der Waals surface area contributed by atoms with Crippen molar-refractivity contribution in [2.24, 2.45) is 0 Å². The van der Waals surface area contributed by atoms with Gasteiger partial charge in [-0.05, 0) is 12.1 Å². The number of fused-ring (bicyclic) bond motifs is 1. The first-order chi connectivity index (χ1) is 8.56. The lowest BCUT2D eigenvalue weighted by Crippen LogP contribution is -2.31. The van der Waals surface area contributed by atoms with Crippen molar-refractivity contribution in [2.75, 3.05) is 0 Å². The second-order valence-corrected chi connectivity index (χ2v) is 5.93. The summed E-state index contributed by atoms with van der Waals surface area (Å²) < 4.78 is 44.3. The molecule has 3 nitrogen and oxygen atoms in total. The van der Waals surface area contributed by atoms with Crippen molar-refractivity contribution in [3.05, 3.63) is 60.2 Å². The van der Waals surface area contributed by atoms with E-state index in [2.05, 4.69) is 0 Å². The first-order valence-corrected chi connectivity index (χ1v) is 6.81. The van der Waals surface area contributed by atoms with Crippen LogP contribution in [0.3, 0.4) is 0 Å². The van der Waals surface area contributed by atoms with E-state index in [1.54, 1.807) is 24.3 Å². The topological polar surface area (TPSA) is 43.4 Å². The third-order valence-electron chi connectivity index (χ3n) is 2.84. The van der Waals surface area contributed by atoms with Crippen molar-refractivity contribution < 1.29 is 17.5 Å². The molecule has 0 amide bonds. The van der Waals surface area contributed by atoms with Crippen molar-refractivity contribution >= 4 is 9.84 Å². The number of rotatable bonds is 1. The molecule has 1 aliphatic rings. The van der Waals surface area contributed by atoms with Gasteiger partial charge in [-0.1, -0.05) is 42.5 Å². The fraction of sp³-hybridized carbons (Fsp3) is 0.0769. The summed E-state index contributed by atoms with van der Waals surface area (Å²) >= 11 is 0. The highest BCUT2D eigenvalue weighted by atomic mass is 32.2. The van der Waals surface area contributed by atoms with Gasteiger partial charge in [-0.3, -0.25) is 0 Å². The van der Waals surface area contributed by atoms with Crippen LogP contribution in [0.1, 0.15) is 5.56 Å². The number of hydrogen-bond acceptors (Lipinski definition) is 3. The summed E-state index contributed by atoms with van der Waals surface area (Å²) in [6.45, 7) is 0. The average Bonchev–Trinajstić information content (AvgIpc) is 2.60. The van der Waals surface area contributed by atoms with Gasteiger partial charge in [-0.15, -0.1) is 0 Å². The summed E-state index contributed by atoms with van der Waals surface area (Å²) in [5.74, 6) is 0.0452. The molecule has 1 aliphatic heterocycles. The normalized spacial score (nSPS) is 24.3. The molecular weight excluding hydrogens is 255 g/mol. The van der Waals surface area contributed by atoms with Crippen molar-refractivity contribution in [1.29, 1.82) is 0 Å². The molecule has 3 rings (SSSR count). The minimum absolute atomic E-state index is 0.0267. The highest BCUT2D eigenvalue weighted by molar-refractivity contribution is 7.92. The van der Waals surface area contributed by atoms with Gasteiger partial charge in [0, 0.05) is 5.56 Å². The molecule has 18 heavy (non-hydrogen) atoms. The Morgan fingerprint density at radius 1 is 0.944 bits per heavy atom. The molecule has 0 spiro atoms. The molecule has 0 saturated carbocycles. The van der Waals surface area contributed by atoms with E-state index >= 15 is 0 Å². The Balaban J connectivity index is 2.25. The Morgan fingerprint density at radius 2 is 1.56 bits per heavy atom. The summed E-state index contributed by atoms with van der Waals surface area (Å²) in [6, 6.07) is 13.5. The average molecular weight is 264 g/mol. The van der Waals surface area contributed by atoms with Crippen molar-refractivity contribution in [3.8, 4) is 5.75 Å². The maximum Gasteiger partial charge on any atom is 0.381 e. The van der Waals surface area contributed by atoms with Crippen LogP contribution in [0.4, 0.5) is 4.39 Å². The van der Waals surface area contributed by atoms with Crippen LogP contribution in [-0.4, -0.2) is 8.42 Å². The van der Waals surface area contributed by atoms with Gasteiger partial charge in [-0.25, -0.2) is 8.42 Å². The van der Waals surface area contributed by atoms with Gasteiger partial charge in [0.05, 0.1) is 0 Å². The summed E-state index contributed by atoms with van der Waals surface area (Å²) in [5, 5.41) is -2.84. The molecule has 0 radical (unpaired) electrons. The number of hydrogen-bond donors (Lipinski definition) is 0. The predicted octanol–water partition coefficient (Wildman–Crippen LogP) is 2.63. The first-order valence-electron chi connectivity index (χ1n) is 5.33. The molecule has 1 atom stereocenters. The lowest BCUT2D eigenvalue weighted by Gasteiger charge is -2.18. The maximum absolute atomic E-state index is 14.8. The van der Waals surface area contributed by atoms with Gasteiger partial charge in [0.1, 0.15) is 10.6 Å². The van der Waals surface area contributed by atoms with Crippen LogP contribution in [0.5, 0.6) is 5.75 Å². The second-order valence-electron chi connectivity index (χ2n) is 3.95. The number of ether oxygens (including phenoxy) is 1. The summed E-state index contributed by atoms with van der Waals surface area (Å²) in [7, 11) is -4.19. The first kappa shape index (κ1) is 11.2. The number of para-hydroxylation sites is 1. The zero-order valence-corrected chi connectivity index (χ0v) is 10.0. The van der Waals surface area contributed by atoms with Gasteiger partial charge >= 0.3 is 5.19 Å². The zero-order valence-electron chi connectivity index (χ0n) is 9.21. The Kier molecular flexibility index (Phi) is 2.22. The minimum atomic E-state index is -4.19. The van der Waals surface area contributed by atoms with Crippen LogP contribution in [-0.2, 0) is 15.0 Å². The Labute approximate surface area is 104 Å². The SMILES string of the molecule is O=S1(=O)c2ccccc2OC1(F)c1ccccc1. The van der Waals surface area contributed by atoms with Crippen molar-refractivity contribution in [2.45, 2.75) is 10.1 Å². The number of alkyl halides is 1. The van der Waals surface area contributed by atoms with Crippen molar-refractivity contribution in [3.63, 3.8) is 0 Å². The highest BCUT2D eigenvalue weighted by Crippen LogP contribution is 2.48. The van der Waals surface area contributed by atoms with E-state index < -0.39 is 15.0 Å². The van der Waals surface area contributed by atoms with E-state index in [4.69, 9.17) is 4.74 Å². The van der Waals surface area contributed by atoms with E-state index in [1.807, 2.05) is 0 Å². The number of benzene rings is 2. The van der Waals surface area contributed by atoms with E-state index in [0.717, 1.165) is 0 Å². The van der Waals surface area contributed by atoms with Gasteiger partial charge in [0.25, 0.3) is 9.84 Å². The summed E-state index contributed by atoms with van der Waals surface area (Å²) in [5.41, 5.74) is -0.0267. The fourth-order valence-electron chi connectivity index (χ4n) is 1.95. The van der Waals surface area contributed by atoms with Crippen LogP contribution in [0, 0.1) is 0 Å². The number of sulfone groups is 1. The van der Waals surface area contributed by atoms with Crippen LogP contribution in [0.25, 0.3) is 0 Å². The predicted molar refractivity (Wildman–Crippen MR) is 63.5 cm³/mol. The Bertz CT molecular complexity index is 697. The molecule has 0 saturated heterocycles. The molecule has 0 N–H and O–H groups in total. The molecule has 0 aromatic heterocycles. The number of halogens is 1. The Hall–Kier alpha value is -1.88. The standard InChI is InChI=1S/C13H9FO3S/c14-13(10-6-2-1-3-7-10)17-11-8-4-5-9-12(11)18(13,15)16/h1-9H. The van der Waals surface area contributed by atoms with Gasteiger partial charge < -0.3 is 4.74 Å². The van der Waals surface area contributed by atoms with E-state index in [0.29, 0.717) is 0 Å². The second kappa shape index (κ2) is 3.55. The summed E-state index contributed by atoms with van der Waals surface area (Å²) in [6.07, 6.45) is 0. The summed E-state index contributed by atoms with van der Waals surface area (Å²) in [4.78, 5) is -0.114. The molecule has 92 valence electrons. The quantitative estimate of drug-likeness (QED) is 0.795. The van der Waals surface area contributed by atoms with Gasteiger partial charge in [0.15, 0.2) is 0 Å². The smallest absolute Gasteiger partial charge is 0.381 e. The van der Waals surface area contributed by atoms with Gasteiger partial charge in [-0.2, -0.15) is 4.39 Å². The van der Waals surface area contributed by atoms with E-state index in [1.165, 1.54) is 30.3 Å². The molecule has 1 unspecified atom stereocenters. The molecule has 0 bridgehead atoms. The third-order valence-corrected chi connectivity index (χ3v) is 4.77. The molecule has 2 aromatic rings. The zero-order chi connectivity index (χ0) is 12.8.